The Bertz CT molecular complexity index is 374. The summed E-state index contributed by atoms with van der Waals surface area (Å²) in [5, 5.41) is 6.07. The van der Waals surface area contributed by atoms with Crippen LogP contribution in [0.25, 0.3) is 0 Å². The summed E-state index contributed by atoms with van der Waals surface area (Å²) in [5.41, 5.74) is 0. The van der Waals surface area contributed by atoms with Crippen LogP contribution >= 0.6 is 0 Å². The molecule has 2 atom stereocenters. The molecule has 0 aliphatic carbocycles. The van der Waals surface area contributed by atoms with E-state index in [1.807, 2.05) is 0 Å². The van der Waals surface area contributed by atoms with E-state index >= 15 is 0 Å². The standard InChI is InChI=1S/C11H20N2O3S/c14-11(6-9-3-4-12-7-9)13-10-2-1-5-17(15,16)8-10/h9-10,12H,1-8H2,(H,13,14). The average Bonchev–Trinajstić information content (AvgIpc) is 2.68. The molecule has 2 aliphatic rings. The number of hydrogen-bond acceptors (Lipinski definition) is 4. The van der Waals surface area contributed by atoms with Crippen LogP contribution in [0, 0.1) is 5.92 Å². The van der Waals surface area contributed by atoms with E-state index in [0.29, 0.717) is 18.8 Å². The van der Waals surface area contributed by atoms with Gasteiger partial charge in [-0.2, -0.15) is 0 Å². The molecule has 2 rings (SSSR count). The molecule has 0 spiro atoms. The molecule has 2 aliphatic heterocycles. The van der Waals surface area contributed by atoms with Gasteiger partial charge < -0.3 is 10.6 Å². The molecule has 0 bridgehead atoms. The van der Waals surface area contributed by atoms with Gasteiger partial charge in [0.2, 0.25) is 5.91 Å². The first kappa shape index (κ1) is 12.8. The Morgan fingerprint density at radius 1 is 1.35 bits per heavy atom. The zero-order valence-corrected chi connectivity index (χ0v) is 10.8. The Hall–Kier alpha value is -0.620. The monoisotopic (exact) mass is 260 g/mol. The number of carbonyl (C=O) groups excluding carboxylic acids is 1. The van der Waals surface area contributed by atoms with E-state index in [0.717, 1.165) is 25.9 Å². The van der Waals surface area contributed by atoms with E-state index in [1.165, 1.54) is 0 Å². The van der Waals surface area contributed by atoms with Gasteiger partial charge in [-0.15, -0.1) is 0 Å². The topological polar surface area (TPSA) is 75.3 Å². The highest BCUT2D eigenvalue weighted by atomic mass is 32.2. The second kappa shape index (κ2) is 5.35. The van der Waals surface area contributed by atoms with Crippen molar-refractivity contribution in [3.05, 3.63) is 0 Å². The van der Waals surface area contributed by atoms with Gasteiger partial charge in [-0.25, -0.2) is 8.42 Å². The first-order valence-electron chi connectivity index (χ1n) is 6.26. The maximum Gasteiger partial charge on any atom is 0.220 e. The van der Waals surface area contributed by atoms with Crippen LogP contribution in [-0.2, 0) is 14.6 Å². The van der Waals surface area contributed by atoms with Crippen LogP contribution in [0.5, 0.6) is 0 Å². The van der Waals surface area contributed by atoms with Crippen molar-refractivity contribution in [2.45, 2.75) is 31.7 Å². The third-order valence-electron chi connectivity index (χ3n) is 3.46. The molecule has 2 fully saturated rings. The molecular weight excluding hydrogens is 240 g/mol. The van der Waals surface area contributed by atoms with Crippen LogP contribution in [0.1, 0.15) is 25.7 Å². The van der Waals surface area contributed by atoms with E-state index < -0.39 is 9.84 Å². The molecule has 5 nitrogen and oxygen atoms in total. The summed E-state index contributed by atoms with van der Waals surface area (Å²) in [6, 6.07) is -0.171. The molecule has 6 heteroatoms. The zero-order valence-electron chi connectivity index (χ0n) is 9.94. The zero-order chi connectivity index (χ0) is 12.3. The third kappa shape index (κ3) is 3.96. The minimum Gasteiger partial charge on any atom is -0.352 e. The van der Waals surface area contributed by atoms with Crippen molar-refractivity contribution >= 4 is 15.7 Å². The number of carbonyl (C=O) groups is 1. The summed E-state index contributed by atoms with van der Waals surface area (Å²) < 4.78 is 22.9. The highest BCUT2D eigenvalue weighted by molar-refractivity contribution is 7.91. The summed E-state index contributed by atoms with van der Waals surface area (Å²) in [6.07, 6.45) is 3.01. The fourth-order valence-corrected chi connectivity index (χ4v) is 4.21. The van der Waals surface area contributed by atoms with Crippen molar-refractivity contribution < 1.29 is 13.2 Å². The minimum absolute atomic E-state index is 0.000741. The first-order chi connectivity index (χ1) is 8.05. The lowest BCUT2D eigenvalue weighted by atomic mass is 10.0. The molecule has 2 saturated heterocycles. The second-order valence-corrected chi connectivity index (χ2v) is 7.31. The quantitative estimate of drug-likeness (QED) is 0.729. The van der Waals surface area contributed by atoms with Crippen molar-refractivity contribution in [2.75, 3.05) is 24.6 Å². The Labute approximate surface area is 102 Å². The minimum atomic E-state index is -2.93. The third-order valence-corrected chi connectivity index (χ3v) is 5.29. The Balaban J connectivity index is 1.77. The average molecular weight is 260 g/mol. The van der Waals surface area contributed by atoms with Crippen LogP contribution in [0.4, 0.5) is 0 Å². The lowest BCUT2D eigenvalue weighted by Gasteiger charge is -2.23. The van der Waals surface area contributed by atoms with Crippen molar-refractivity contribution in [1.29, 1.82) is 0 Å². The summed E-state index contributed by atoms with van der Waals surface area (Å²) in [4.78, 5) is 11.7. The van der Waals surface area contributed by atoms with E-state index in [1.54, 1.807) is 0 Å². The molecule has 0 aromatic carbocycles. The van der Waals surface area contributed by atoms with Gasteiger partial charge in [-0.05, 0) is 38.3 Å². The predicted molar refractivity (Wildman–Crippen MR) is 65.4 cm³/mol. The van der Waals surface area contributed by atoms with Gasteiger partial charge >= 0.3 is 0 Å². The molecule has 2 heterocycles. The normalized spacial score (nSPS) is 32.2. The van der Waals surface area contributed by atoms with Crippen LogP contribution in [0.15, 0.2) is 0 Å². The number of sulfone groups is 1. The predicted octanol–water partition coefficient (Wildman–Crippen LogP) is -0.321. The van der Waals surface area contributed by atoms with Gasteiger partial charge in [0.25, 0.3) is 0 Å². The molecule has 17 heavy (non-hydrogen) atoms. The van der Waals surface area contributed by atoms with Crippen molar-refractivity contribution in [3.8, 4) is 0 Å². The highest BCUT2D eigenvalue weighted by Crippen LogP contribution is 2.15. The van der Waals surface area contributed by atoms with E-state index in [2.05, 4.69) is 10.6 Å². The molecule has 1 amide bonds. The van der Waals surface area contributed by atoms with E-state index in [9.17, 15) is 13.2 Å². The van der Waals surface area contributed by atoms with Gasteiger partial charge in [0.05, 0.1) is 11.5 Å². The summed E-state index contributed by atoms with van der Waals surface area (Å²) in [5.74, 6) is 0.795. The first-order valence-corrected chi connectivity index (χ1v) is 8.08. The van der Waals surface area contributed by atoms with Crippen molar-refractivity contribution in [3.63, 3.8) is 0 Å². The molecule has 98 valence electrons. The number of rotatable bonds is 3. The maximum absolute atomic E-state index is 11.7. The van der Waals surface area contributed by atoms with Gasteiger partial charge in [-0.3, -0.25) is 4.79 Å². The molecule has 2 unspecified atom stereocenters. The smallest absolute Gasteiger partial charge is 0.220 e. The van der Waals surface area contributed by atoms with Gasteiger partial charge in [0, 0.05) is 12.5 Å². The summed E-state index contributed by atoms with van der Waals surface area (Å²) >= 11 is 0. The fourth-order valence-electron chi connectivity index (χ4n) is 2.57. The molecular formula is C11H20N2O3S. The van der Waals surface area contributed by atoms with Crippen LogP contribution in [0.2, 0.25) is 0 Å². The van der Waals surface area contributed by atoms with Crippen molar-refractivity contribution in [1.82, 2.24) is 10.6 Å². The van der Waals surface area contributed by atoms with Crippen molar-refractivity contribution in [2.24, 2.45) is 5.92 Å². The Kier molecular flexibility index (Phi) is 4.04. The summed E-state index contributed by atoms with van der Waals surface area (Å²) in [6.45, 7) is 1.88. The van der Waals surface area contributed by atoms with Gasteiger partial charge in [0.1, 0.15) is 0 Å². The Morgan fingerprint density at radius 2 is 2.18 bits per heavy atom. The maximum atomic E-state index is 11.7. The summed E-state index contributed by atoms with van der Waals surface area (Å²) in [7, 11) is -2.93. The Morgan fingerprint density at radius 3 is 2.82 bits per heavy atom. The van der Waals surface area contributed by atoms with Crippen LogP contribution in [-0.4, -0.2) is 45.0 Å². The SMILES string of the molecule is O=C(CC1CCNC1)NC1CCCS(=O)(=O)C1. The molecule has 0 radical (unpaired) electrons. The van der Waals surface area contributed by atoms with Crippen LogP contribution in [0.3, 0.4) is 0 Å². The van der Waals surface area contributed by atoms with Gasteiger partial charge in [0.15, 0.2) is 9.84 Å². The molecule has 0 saturated carbocycles. The second-order valence-electron chi connectivity index (χ2n) is 5.08. The number of nitrogens with one attached hydrogen (secondary N) is 2. The van der Waals surface area contributed by atoms with Gasteiger partial charge in [-0.1, -0.05) is 0 Å². The lowest BCUT2D eigenvalue weighted by molar-refractivity contribution is -0.122. The number of hydrogen-bond donors (Lipinski definition) is 2. The highest BCUT2D eigenvalue weighted by Gasteiger charge is 2.26. The molecule has 2 N–H and O–H groups in total. The number of amides is 1. The van der Waals surface area contributed by atoms with E-state index in [-0.39, 0.29) is 23.5 Å². The van der Waals surface area contributed by atoms with E-state index in [4.69, 9.17) is 0 Å². The fraction of sp³-hybridized carbons (Fsp3) is 0.909. The lowest BCUT2D eigenvalue weighted by Crippen LogP contribution is -2.43. The molecule has 0 aromatic heterocycles. The largest absolute Gasteiger partial charge is 0.352 e. The molecule has 0 aromatic rings. The van der Waals surface area contributed by atoms with Crippen LogP contribution < -0.4 is 10.6 Å².